The molecule has 3 rings (SSSR count). The summed E-state index contributed by atoms with van der Waals surface area (Å²) in [5.74, 6) is -0.437. The number of carbonyl (C=O) groups is 3. The first-order valence-corrected chi connectivity index (χ1v) is 8.55. The summed E-state index contributed by atoms with van der Waals surface area (Å²) in [6, 6.07) is 6.48. The Morgan fingerprint density at radius 3 is 2.25 bits per heavy atom. The van der Waals surface area contributed by atoms with Gasteiger partial charge in [-0.2, -0.15) is 0 Å². The summed E-state index contributed by atoms with van der Waals surface area (Å²) in [7, 11) is 0. The Morgan fingerprint density at radius 2 is 1.67 bits per heavy atom. The van der Waals surface area contributed by atoms with Crippen molar-refractivity contribution < 1.29 is 14.4 Å². The Morgan fingerprint density at radius 1 is 1.04 bits per heavy atom. The van der Waals surface area contributed by atoms with Crippen molar-refractivity contribution in [1.29, 1.82) is 0 Å². The molecule has 0 spiro atoms. The average Bonchev–Trinajstić information content (AvgIpc) is 2.73. The van der Waals surface area contributed by atoms with Gasteiger partial charge in [0.25, 0.3) is 5.91 Å². The fraction of sp³-hybridized carbons (Fsp3) is 0.500. The molecule has 0 radical (unpaired) electrons. The summed E-state index contributed by atoms with van der Waals surface area (Å²) < 4.78 is 0. The third-order valence-electron chi connectivity index (χ3n) is 4.65. The van der Waals surface area contributed by atoms with Gasteiger partial charge in [-0.05, 0) is 50.2 Å². The highest BCUT2D eigenvalue weighted by Gasteiger charge is 2.42. The van der Waals surface area contributed by atoms with Crippen LogP contribution in [-0.2, 0) is 14.4 Å². The Balaban J connectivity index is 1.75. The van der Waals surface area contributed by atoms with Crippen LogP contribution in [0.2, 0.25) is 0 Å². The van der Waals surface area contributed by atoms with Gasteiger partial charge in [0, 0.05) is 12.6 Å². The third kappa shape index (κ3) is 3.48. The molecule has 6 heteroatoms. The van der Waals surface area contributed by atoms with Crippen LogP contribution in [0.25, 0.3) is 0 Å². The van der Waals surface area contributed by atoms with E-state index in [1.54, 1.807) is 24.3 Å². The van der Waals surface area contributed by atoms with Gasteiger partial charge in [0.2, 0.25) is 11.8 Å². The largest absolute Gasteiger partial charge is 0.326 e. The lowest BCUT2D eigenvalue weighted by atomic mass is 10.2. The number of carbonyl (C=O) groups excluding carboxylic acids is 3. The monoisotopic (exact) mass is 329 g/mol. The summed E-state index contributed by atoms with van der Waals surface area (Å²) in [4.78, 5) is 39.7. The SMILES string of the molecule is CC(=O)Nc1ccc(N2C(=O)CC(N3CCCCCC3)C2=O)cc1. The molecule has 0 aromatic heterocycles. The zero-order valence-electron chi connectivity index (χ0n) is 14.0. The van der Waals surface area contributed by atoms with Crippen LogP contribution in [0, 0.1) is 0 Å². The maximum Gasteiger partial charge on any atom is 0.251 e. The van der Waals surface area contributed by atoms with Crippen molar-refractivity contribution in [1.82, 2.24) is 4.90 Å². The van der Waals surface area contributed by atoms with Crippen molar-refractivity contribution in [3.8, 4) is 0 Å². The summed E-state index contributed by atoms with van der Waals surface area (Å²) in [5.41, 5.74) is 1.21. The lowest BCUT2D eigenvalue weighted by Crippen LogP contribution is -2.42. The number of anilines is 2. The van der Waals surface area contributed by atoms with Gasteiger partial charge in [-0.1, -0.05) is 12.8 Å². The van der Waals surface area contributed by atoms with Crippen LogP contribution in [0.4, 0.5) is 11.4 Å². The van der Waals surface area contributed by atoms with Crippen molar-refractivity contribution in [2.45, 2.75) is 45.1 Å². The zero-order valence-corrected chi connectivity index (χ0v) is 14.0. The summed E-state index contributed by atoms with van der Waals surface area (Å²) >= 11 is 0. The Labute approximate surface area is 141 Å². The number of hydrogen-bond acceptors (Lipinski definition) is 4. The molecule has 1 aromatic carbocycles. The van der Waals surface area contributed by atoms with E-state index in [2.05, 4.69) is 10.2 Å². The summed E-state index contributed by atoms with van der Waals surface area (Å²) in [6.07, 6.45) is 4.82. The highest BCUT2D eigenvalue weighted by molar-refractivity contribution is 6.22. The lowest BCUT2D eigenvalue weighted by molar-refractivity contribution is -0.123. The van der Waals surface area contributed by atoms with Crippen molar-refractivity contribution in [3.63, 3.8) is 0 Å². The molecular weight excluding hydrogens is 306 g/mol. The molecule has 2 aliphatic heterocycles. The molecule has 2 heterocycles. The second-order valence-corrected chi connectivity index (χ2v) is 6.47. The van der Waals surface area contributed by atoms with Crippen LogP contribution in [0.3, 0.4) is 0 Å². The van der Waals surface area contributed by atoms with Crippen molar-refractivity contribution in [2.75, 3.05) is 23.3 Å². The van der Waals surface area contributed by atoms with E-state index < -0.39 is 0 Å². The van der Waals surface area contributed by atoms with E-state index in [4.69, 9.17) is 0 Å². The van der Waals surface area contributed by atoms with Gasteiger partial charge in [0.15, 0.2) is 0 Å². The number of rotatable bonds is 3. The van der Waals surface area contributed by atoms with E-state index in [0.29, 0.717) is 11.4 Å². The Hall–Kier alpha value is -2.21. The minimum atomic E-state index is -0.328. The molecule has 6 nitrogen and oxygen atoms in total. The molecule has 1 atom stereocenters. The summed E-state index contributed by atoms with van der Waals surface area (Å²) in [5, 5.41) is 2.68. The quantitative estimate of drug-likeness (QED) is 0.863. The Kier molecular flexibility index (Phi) is 4.94. The van der Waals surface area contributed by atoms with Crippen LogP contribution in [0.5, 0.6) is 0 Å². The molecule has 0 aliphatic carbocycles. The normalized spacial score (nSPS) is 22.5. The summed E-state index contributed by atoms with van der Waals surface area (Å²) in [6.45, 7) is 3.21. The predicted molar refractivity (Wildman–Crippen MR) is 91.7 cm³/mol. The minimum Gasteiger partial charge on any atom is -0.326 e. The molecule has 24 heavy (non-hydrogen) atoms. The number of nitrogens with one attached hydrogen (secondary N) is 1. The van der Waals surface area contributed by atoms with Gasteiger partial charge in [0.1, 0.15) is 0 Å². The van der Waals surface area contributed by atoms with Gasteiger partial charge < -0.3 is 5.32 Å². The zero-order chi connectivity index (χ0) is 17.1. The molecule has 0 saturated carbocycles. The number of amides is 3. The molecule has 2 aliphatic rings. The van der Waals surface area contributed by atoms with Gasteiger partial charge in [-0.15, -0.1) is 0 Å². The fourth-order valence-corrected chi connectivity index (χ4v) is 3.48. The second-order valence-electron chi connectivity index (χ2n) is 6.47. The number of hydrogen-bond donors (Lipinski definition) is 1. The van der Waals surface area contributed by atoms with Gasteiger partial charge in [-0.3, -0.25) is 19.3 Å². The van der Waals surface area contributed by atoms with Crippen LogP contribution >= 0.6 is 0 Å². The molecule has 1 aromatic rings. The van der Waals surface area contributed by atoms with Crippen LogP contribution < -0.4 is 10.2 Å². The second kappa shape index (κ2) is 7.13. The molecule has 1 N–H and O–H groups in total. The Bertz CT molecular complexity index is 633. The first-order valence-electron chi connectivity index (χ1n) is 8.55. The maximum absolute atomic E-state index is 12.8. The highest BCUT2D eigenvalue weighted by atomic mass is 16.2. The number of nitrogens with zero attached hydrogens (tertiary/aromatic N) is 2. The van der Waals surface area contributed by atoms with Gasteiger partial charge in [0.05, 0.1) is 18.2 Å². The minimum absolute atomic E-state index is 0.130. The fourth-order valence-electron chi connectivity index (χ4n) is 3.48. The van der Waals surface area contributed by atoms with Crippen molar-refractivity contribution in [2.24, 2.45) is 0 Å². The lowest BCUT2D eigenvalue weighted by Gasteiger charge is -2.25. The van der Waals surface area contributed by atoms with Crippen LogP contribution in [-0.4, -0.2) is 41.8 Å². The molecular formula is C18H23N3O3. The average molecular weight is 329 g/mol. The number of imide groups is 1. The smallest absolute Gasteiger partial charge is 0.251 e. The molecule has 2 saturated heterocycles. The van der Waals surface area contributed by atoms with E-state index in [1.807, 2.05) is 0 Å². The van der Waals surface area contributed by atoms with Crippen molar-refractivity contribution in [3.05, 3.63) is 24.3 Å². The molecule has 2 fully saturated rings. The standard InChI is InChI=1S/C18H23N3O3/c1-13(22)19-14-6-8-15(9-7-14)21-17(23)12-16(18(21)24)20-10-4-2-3-5-11-20/h6-9,16H,2-5,10-12H2,1H3,(H,19,22). The molecule has 1 unspecified atom stereocenters. The van der Waals surface area contributed by atoms with E-state index >= 15 is 0 Å². The maximum atomic E-state index is 12.8. The predicted octanol–water partition coefficient (Wildman–Crippen LogP) is 2.15. The molecule has 128 valence electrons. The van der Waals surface area contributed by atoms with E-state index in [-0.39, 0.29) is 30.2 Å². The van der Waals surface area contributed by atoms with Gasteiger partial charge >= 0.3 is 0 Å². The van der Waals surface area contributed by atoms with E-state index in [1.165, 1.54) is 24.7 Å². The third-order valence-corrected chi connectivity index (χ3v) is 4.65. The molecule has 3 amide bonds. The van der Waals surface area contributed by atoms with E-state index in [0.717, 1.165) is 25.9 Å². The number of benzene rings is 1. The van der Waals surface area contributed by atoms with Crippen molar-refractivity contribution >= 4 is 29.1 Å². The topological polar surface area (TPSA) is 69.7 Å². The van der Waals surface area contributed by atoms with Crippen LogP contribution in [0.15, 0.2) is 24.3 Å². The highest BCUT2D eigenvalue weighted by Crippen LogP contribution is 2.28. The van der Waals surface area contributed by atoms with Gasteiger partial charge in [-0.25, -0.2) is 4.90 Å². The van der Waals surface area contributed by atoms with E-state index in [9.17, 15) is 14.4 Å². The number of likely N-dealkylation sites (tertiary alicyclic amines) is 1. The van der Waals surface area contributed by atoms with Crippen LogP contribution in [0.1, 0.15) is 39.0 Å². The first kappa shape index (κ1) is 16.6. The molecule has 0 bridgehead atoms. The first-order chi connectivity index (χ1) is 11.6.